The molecule has 0 fully saturated rings. The minimum atomic E-state index is -1.05. The summed E-state index contributed by atoms with van der Waals surface area (Å²) in [7, 11) is 0. The quantitative estimate of drug-likeness (QED) is 0.762. The summed E-state index contributed by atoms with van der Waals surface area (Å²) in [6.07, 6.45) is 1.47. The molecule has 7 nitrogen and oxygen atoms in total. The van der Waals surface area contributed by atoms with Crippen LogP contribution in [0.2, 0.25) is 0 Å². The number of carboxylic acid groups (broad SMARTS) is 1. The van der Waals surface area contributed by atoms with E-state index in [2.05, 4.69) is 10.3 Å². The maximum absolute atomic E-state index is 12.2. The van der Waals surface area contributed by atoms with Gasteiger partial charge in [0.15, 0.2) is 6.61 Å². The number of hydrogen-bond donors (Lipinski definition) is 2. The van der Waals surface area contributed by atoms with Gasteiger partial charge in [0.2, 0.25) is 5.88 Å². The molecule has 0 aliphatic carbocycles. The molecule has 0 aliphatic heterocycles. The lowest BCUT2D eigenvalue weighted by Gasteiger charge is -2.10. The van der Waals surface area contributed by atoms with Crippen LogP contribution >= 0.6 is 0 Å². The molecule has 132 valence electrons. The van der Waals surface area contributed by atoms with Gasteiger partial charge in [0.1, 0.15) is 5.75 Å². The second-order valence-corrected chi connectivity index (χ2v) is 5.56. The predicted molar refractivity (Wildman–Crippen MR) is 90.7 cm³/mol. The summed E-state index contributed by atoms with van der Waals surface area (Å²) in [6, 6.07) is 10.2. The molecule has 0 atom stereocenters. The lowest BCUT2D eigenvalue weighted by molar-refractivity contribution is -0.139. The molecule has 0 saturated carbocycles. The van der Waals surface area contributed by atoms with Crippen molar-refractivity contribution in [1.29, 1.82) is 0 Å². The maximum Gasteiger partial charge on any atom is 0.341 e. The lowest BCUT2D eigenvalue weighted by Crippen LogP contribution is -2.23. The largest absolute Gasteiger partial charge is 0.482 e. The molecule has 0 aliphatic rings. The third kappa shape index (κ3) is 6.14. The molecule has 0 spiro atoms. The molecule has 2 rings (SSSR count). The van der Waals surface area contributed by atoms with Crippen molar-refractivity contribution in [2.45, 2.75) is 26.5 Å². The van der Waals surface area contributed by atoms with E-state index in [1.165, 1.54) is 6.20 Å². The van der Waals surface area contributed by atoms with Crippen LogP contribution in [0.5, 0.6) is 11.6 Å². The van der Waals surface area contributed by atoms with Gasteiger partial charge in [0.05, 0.1) is 11.7 Å². The van der Waals surface area contributed by atoms with Crippen LogP contribution in [0.1, 0.15) is 29.8 Å². The molecule has 0 radical (unpaired) electrons. The van der Waals surface area contributed by atoms with E-state index < -0.39 is 12.6 Å². The lowest BCUT2D eigenvalue weighted by atomic mass is 10.2. The molecule has 2 aromatic rings. The number of rotatable bonds is 8. The molecule has 2 N–H and O–H groups in total. The van der Waals surface area contributed by atoms with Crippen molar-refractivity contribution < 1.29 is 24.2 Å². The van der Waals surface area contributed by atoms with Gasteiger partial charge in [-0.3, -0.25) is 4.79 Å². The normalized spacial score (nSPS) is 10.4. The van der Waals surface area contributed by atoms with Gasteiger partial charge < -0.3 is 19.9 Å². The molecular weight excluding hydrogens is 324 g/mol. The van der Waals surface area contributed by atoms with Gasteiger partial charge in [-0.05, 0) is 37.6 Å². The molecule has 1 aromatic carbocycles. The number of carboxylic acids is 1. The maximum atomic E-state index is 12.2. The summed E-state index contributed by atoms with van der Waals surface area (Å²) in [4.78, 5) is 26.8. The monoisotopic (exact) mass is 344 g/mol. The van der Waals surface area contributed by atoms with Crippen LogP contribution in [0.3, 0.4) is 0 Å². The van der Waals surface area contributed by atoms with Crippen LogP contribution in [0.15, 0.2) is 42.6 Å². The van der Waals surface area contributed by atoms with E-state index in [0.29, 0.717) is 17.2 Å². The van der Waals surface area contributed by atoms with Crippen LogP contribution in [0.4, 0.5) is 0 Å². The van der Waals surface area contributed by atoms with Crippen molar-refractivity contribution in [3.05, 3.63) is 53.7 Å². The number of aliphatic carboxylic acids is 1. The first-order valence-corrected chi connectivity index (χ1v) is 7.78. The third-order valence-electron chi connectivity index (χ3n) is 3.07. The number of aromatic nitrogens is 1. The van der Waals surface area contributed by atoms with Crippen molar-refractivity contribution in [2.75, 3.05) is 6.61 Å². The molecule has 1 heterocycles. The highest BCUT2D eigenvalue weighted by Gasteiger charge is 2.08. The zero-order valence-electron chi connectivity index (χ0n) is 14.1. The number of nitrogens with zero attached hydrogens (tertiary/aromatic N) is 1. The molecular formula is C18H20N2O5. The van der Waals surface area contributed by atoms with Crippen molar-refractivity contribution >= 4 is 11.9 Å². The average Bonchev–Trinajstić information content (AvgIpc) is 2.58. The Morgan fingerprint density at radius 2 is 2.04 bits per heavy atom. The Balaban J connectivity index is 1.91. The fourth-order valence-corrected chi connectivity index (χ4v) is 2.00. The smallest absolute Gasteiger partial charge is 0.341 e. The van der Waals surface area contributed by atoms with Crippen molar-refractivity contribution in [3.63, 3.8) is 0 Å². The highest BCUT2D eigenvalue weighted by Crippen LogP contribution is 2.14. The summed E-state index contributed by atoms with van der Waals surface area (Å²) in [6.45, 7) is 3.67. The Kier molecular flexibility index (Phi) is 6.33. The van der Waals surface area contributed by atoms with Gasteiger partial charge >= 0.3 is 5.97 Å². The molecule has 1 aromatic heterocycles. The number of pyridine rings is 1. The van der Waals surface area contributed by atoms with E-state index >= 15 is 0 Å². The average molecular weight is 344 g/mol. The number of nitrogens with one attached hydrogen (secondary N) is 1. The van der Waals surface area contributed by atoms with Gasteiger partial charge in [-0.1, -0.05) is 12.1 Å². The van der Waals surface area contributed by atoms with Crippen molar-refractivity contribution in [3.8, 4) is 11.6 Å². The Bertz CT molecular complexity index is 729. The van der Waals surface area contributed by atoms with E-state index in [0.717, 1.165) is 5.56 Å². The van der Waals surface area contributed by atoms with E-state index in [1.54, 1.807) is 30.3 Å². The van der Waals surface area contributed by atoms with Gasteiger partial charge in [-0.25, -0.2) is 9.78 Å². The molecule has 0 unspecified atom stereocenters. The van der Waals surface area contributed by atoms with E-state index in [4.69, 9.17) is 14.6 Å². The predicted octanol–water partition coefficient (Wildman–Crippen LogP) is 2.26. The Hall–Kier alpha value is -3.09. The van der Waals surface area contributed by atoms with Crippen LogP contribution in [0.25, 0.3) is 0 Å². The molecule has 25 heavy (non-hydrogen) atoms. The van der Waals surface area contributed by atoms with Gasteiger partial charge in [0, 0.05) is 18.8 Å². The van der Waals surface area contributed by atoms with Crippen molar-refractivity contribution in [1.82, 2.24) is 10.3 Å². The minimum Gasteiger partial charge on any atom is -0.482 e. The second-order valence-electron chi connectivity index (χ2n) is 5.56. The number of ether oxygens (including phenoxy) is 2. The number of hydrogen-bond acceptors (Lipinski definition) is 5. The first-order valence-electron chi connectivity index (χ1n) is 7.78. The summed E-state index contributed by atoms with van der Waals surface area (Å²) >= 11 is 0. The highest BCUT2D eigenvalue weighted by atomic mass is 16.5. The summed E-state index contributed by atoms with van der Waals surface area (Å²) in [5.74, 6) is -0.405. The SMILES string of the molecule is CC(C)Oc1ccc(C(=O)NCc2cccc(OCC(=O)O)c2)cn1. The topological polar surface area (TPSA) is 97.8 Å². The third-order valence-corrected chi connectivity index (χ3v) is 3.07. The van der Waals surface area contributed by atoms with E-state index in [1.807, 2.05) is 19.9 Å². The molecule has 1 amide bonds. The Morgan fingerprint density at radius 3 is 2.68 bits per heavy atom. The van der Waals surface area contributed by atoms with Crippen LogP contribution < -0.4 is 14.8 Å². The minimum absolute atomic E-state index is 0.0165. The van der Waals surface area contributed by atoms with Gasteiger partial charge in [0.25, 0.3) is 5.91 Å². The summed E-state index contributed by atoms with van der Waals surface area (Å²) in [5.41, 5.74) is 1.22. The first kappa shape index (κ1) is 18.3. The molecule has 0 bridgehead atoms. The first-order chi connectivity index (χ1) is 11.9. The van der Waals surface area contributed by atoms with Crippen molar-refractivity contribution in [2.24, 2.45) is 0 Å². The molecule has 0 saturated heterocycles. The van der Waals surface area contributed by atoms with Gasteiger partial charge in [-0.15, -0.1) is 0 Å². The zero-order valence-corrected chi connectivity index (χ0v) is 14.1. The zero-order chi connectivity index (χ0) is 18.2. The molecule has 7 heteroatoms. The van der Waals surface area contributed by atoms with E-state index in [-0.39, 0.29) is 18.6 Å². The highest BCUT2D eigenvalue weighted by molar-refractivity contribution is 5.93. The fraction of sp³-hybridized carbons (Fsp3) is 0.278. The van der Waals surface area contributed by atoms with Gasteiger partial charge in [-0.2, -0.15) is 0 Å². The number of amides is 1. The standard InChI is InChI=1S/C18H20N2O5/c1-12(2)25-16-7-6-14(10-19-16)18(23)20-9-13-4-3-5-15(8-13)24-11-17(21)22/h3-8,10,12H,9,11H2,1-2H3,(H,20,23)(H,21,22). The van der Waals surface area contributed by atoms with Crippen LogP contribution in [0, 0.1) is 0 Å². The van der Waals surface area contributed by atoms with Crippen LogP contribution in [-0.4, -0.2) is 34.7 Å². The summed E-state index contributed by atoms with van der Waals surface area (Å²) in [5, 5.41) is 11.4. The number of carbonyl (C=O) groups is 2. The second kappa shape index (κ2) is 8.68. The fourth-order valence-electron chi connectivity index (χ4n) is 2.00. The van der Waals surface area contributed by atoms with Crippen LogP contribution in [-0.2, 0) is 11.3 Å². The summed E-state index contributed by atoms with van der Waals surface area (Å²) < 4.78 is 10.5. The Morgan fingerprint density at radius 1 is 1.24 bits per heavy atom. The number of benzene rings is 1. The number of carbonyl (C=O) groups excluding carboxylic acids is 1. The Labute approximate surface area is 145 Å². The van der Waals surface area contributed by atoms with E-state index in [9.17, 15) is 9.59 Å².